The Morgan fingerprint density at radius 2 is 2.19 bits per heavy atom. The molecule has 1 aliphatic heterocycles. The standard InChI is InChI=1S/C20H23ClN4O2/c1-24-10-7-17(23-24)18(26)22-15-5-3-8-20(13-15)9-11-25(19(20)27)16-6-2-4-14(21)12-16/h2,4,6-7,10,12,15H,3,5,8-9,11,13H2,1H3,(H,22,26)/t15-,20+/m1/s1. The van der Waals surface area contributed by atoms with Crippen LogP contribution in [0.3, 0.4) is 0 Å². The average Bonchev–Trinajstić information content (AvgIpc) is 3.20. The maximum atomic E-state index is 13.3. The monoisotopic (exact) mass is 386 g/mol. The summed E-state index contributed by atoms with van der Waals surface area (Å²) in [5.74, 6) is -0.0173. The van der Waals surface area contributed by atoms with Crippen LogP contribution in [0.25, 0.3) is 0 Å². The highest BCUT2D eigenvalue weighted by Gasteiger charge is 2.49. The van der Waals surface area contributed by atoms with E-state index in [1.165, 1.54) is 0 Å². The van der Waals surface area contributed by atoms with Crippen LogP contribution in [0.4, 0.5) is 5.69 Å². The van der Waals surface area contributed by atoms with Crippen LogP contribution in [0.15, 0.2) is 36.5 Å². The van der Waals surface area contributed by atoms with Gasteiger partial charge in [0.1, 0.15) is 5.69 Å². The lowest BCUT2D eigenvalue weighted by Crippen LogP contribution is -2.46. The summed E-state index contributed by atoms with van der Waals surface area (Å²) in [7, 11) is 1.79. The number of aromatic nitrogens is 2. The Bertz CT molecular complexity index is 880. The van der Waals surface area contributed by atoms with Gasteiger partial charge in [-0.05, 0) is 49.9 Å². The van der Waals surface area contributed by atoms with Crippen LogP contribution in [-0.4, -0.2) is 34.2 Å². The lowest BCUT2D eigenvalue weighted by atomic mass is 9.71. The third-order valence-corrected chi connectivity index (χ3v) is 5.99. The zero-order valence-electron chi connectivity index (χ0n) is 15.3. The summed E-state index contributed by atoms with van der Waals surface area (Å²) in [6.07, 6.45) is 5.95. The van der Waals surface area contributed by atoms with Gasteiger partial charge in [0.2, 0.25) is 5.91 Å². The predicted octanol–water partition coefficient (Wildman–Crippen LogP) is 3.17. The predicted molar refractivity (Wildman–Crippen MR) is 104 cm³/mol. The first-order chi connectivity index (χ1) is 13.0. The van der Waals surface area contributed by atoms with Crippen LogP contribution in [-0.2, 0) is 11.8 Å². The summed E-state index contributed by atoms with van der Waals surface area (Å²) in [6.45, 7) is 0.695. The van der Waals surface area contributed by atoms with Crippen molar-refractivity contribution >= 4 is 29.1 Å². The van der Waals surface area contributed by atoms with E-state index in [-0.39, 0.29) is 23.3 Å². The fourth-order valence-corrected chi connectivity index (χ4v) is 4.60. The van der Waals surface area contributed by atoms with Crippen molar-refractivity contribution in [3.63, 3.8) is 0 Å². The Labute approximate surface area is 163 Å². The van der Waals surface area contributed by atoms with Gasteiger partial charge in [-0.15, -0.1) is 0 Å². The molecule has 2 fully saturated rings. The number of carbonyl (C=O) groups excluding carboxylic acids is 2. The van der Waals surface area contributed by atoms with E-state index in [0.29, 0.717) is 23.7 Å². The third-order valence-electron chi connectivity index (χ3n) is 5.76. The molecule has 142 valence electrons. The lowest BCUT2D eigenvalue weighted by Gasteiger charge is -2.36. The van der Waals surface area contributed by atoms with Gasteiger partial charge in [-0.1, -0.05) is 24.1 Å². The van der Waals surface area contributed by atoms with Gasteiger partial charge < -0.3 is 10.2 Å². The average molecular weight is 387 g/mol. The number of amides is 2. The second-order valence-corrected chi connectivity index (χ2v) is 8.04. The molecule has 0 bridgehead atoms. The molecule has 1 aromatic carbocycles. The number of rotatable bonds is 3. The Hall–Kier alpha value is -2.34. The first kappa shape index (κ1) is 18.0. The van der Waals surface area contributed by atoms with Gasteiger partial charge in [0.05, 0.1) is 5.41 Å². The van der Waals surface area contributed by atoms with Crippen molar-refractivity contribution in [1.29, 1.82) is 0 Å². The summed E-state index contributed by atoms with van der Waals surface area (Å²) in [6, 6.07) is 9.14. The number of carbonyl (C=O) groups is 2. The summed E-state index contributed by atoms with van der Waals surface area (Å²) >= 11 is 6.10. The topological polar surface area (TPSA) is 67.2 Å². The molecule has 6 nitrogen and oxygen atoms in total. The van der Waals surface area contributed by atoms with Gasteiger partial charge in [-0.25, -0.2) is 0 Å². The fourth-order valence-electron chi connectivity index (χ4n) is 4.41. The van der Waals surface area contributed by atoms with E-state index >= 15 is 0 Å². The summed E-state index contributed by atoms with van der Waals surface area (Å²) in [5, 5.41) is 7.86. The third kappa shape index (κ3) is 3.46. The van der Waals surface area contributed by atoms with Crippen molar-refractivity contribution in [2.24, 2.45) is 12.5 Å². The molecule has 2 atom stereocenters. The van der Waals surface area contributed by atoms with Gasteiger partial charge in [0, 0.05) is 36.5 Å². The molecule has 0 radical (unpaired) electrons. The van der Waals surface area contributed by atoms with Crippen LogP contribution in [0.2, 0.25) is 5.02 Å². The molecule has 1 saturated carbocycles. The molecular formula is C20H23ClN4O2. The molecule has 1 saturated heterocycles. The minimum absolute atomic E-state index is 0.00322. The summed E-state index contributed by atoms with van der Waals surface area (Å²) in [4.78, 5) is 27.5. The quantitative estimate of drug-likeness (QED) is 0.881. The summed E-state index contributed by atoms with van der Waals surface area (Å²) < 4.78 is 1.61. The number of aryl methyl sites for hydroxylation is 1. The number of nitrogens with one attached hydrogen (secondary N) is 1. The van der Waals surface area contributed by atoms with Gasteiger partial charge >= 0.3 is 0 Å². The van der Waals surface area contributed by atoms with Gasteiger partial charge in [0.25, 0.3) is 5.91 Å². The van der Waals surface area contributed by atoms with Crippen molar-refractivity contribution in [1.82, 2.24) is 15.1 Å². The summed E-state index contributed by atoms with van der Waals surface area (Å²) in [5.41, 5.74) is 0.877. The van der Waals surface area contributed by atoms with Crippen molar-refractivity contribution < 1.29 is 9.59 Å². The van der Waals surface area contributed by atoms with E-state index in [2.05, 4.69) is 10.4 Å². The molecule has 2 amide bonds. The lowest BCUT2D eigenvalue weighted by molar-refractivity contribution is -0.127. The number of hydrogen-bond donors (Lipinski definition) is 1. The Balaban J connectivity index is 1.47. The molecule has 2 heterocycles. The molecule has 1 aromatic heterocycles. The minimum Gasteiger partial charge on any atom is -0.348 e. The van der Waals surface area contributed by atoms with Crippen molar-refractivity contribution in [3.05, 3.63) is 47.2 Å². The van der Waals surface area contributed by atoms with Crippen LogP contribution in [0.1, 0.15) is 42.6 Å². The molecule has 2 aliphatic rings. The number of hydrogen-bond acceptors (Lipinski definition) is 3. The first-order valence-electron chi connectivity index (χ1n) is 9.35. The second-order valence-electron chi connectivity index (χ2n) is 7.61. The maximum Gasteiger partial charge on any atom is 0.271 e. The molecule has 1 spiro atoms. The Morgan fingerprint density at radius 3 is 2.93 bits per heavy atom. The maximum absolute atomic E-state index is 13.3. The zero-order chi connectivity index (χ0) is 19.0. The molecule has 4 rings (SSSR count). The van der Waals surface area contributed by atoms with E-state index in [4.69, 9.17) is 11.6 Å². The number of anilines is 1. The molecule has 1 aliphatic carbocycles. The van der Waals surface area contributed by atoms with Gasteiger partial charge in [0.15, 0.2) is 0 Å². The smallest absolute Gasteiger partial charge is 0.271 e. The molecule has 0 unspecified atom stereocenters. The number of nitrogens with zero attached hydrogens (tertiary/aromatic N) is 3. The van der Waals surface area contributed by atoms with Gasteiger partial charge in [-0.2, -0.15) is 5.10 Å². The van der Waals surface area contributed by atoms with Crippen LogP contribution < -0.4 is 10.2 Å². The highest BCUT2D eigenvalue weighted by atomic mass is 35.5. The molecule has 2 aromatic rings. The van der Waals surface area contributed by atoms with Gasteiger partial charge in [-0.3, -0.25) is 14.3 Å². The van der Waals surface area contributed by atoms with E-state index in [9.17, 15) is 9.59 Å². The van der Waals surface area contributed by atoms with Crippen LogP contribution in [0, 0.1) is 5.41 Å². The normalized spacial score (nSPS) is 25.2. The SMILES string of the molecule is Cn1ccc(C(=O)N[C@@H]2CCC[C@]3(CCN(c4cccc(Cl)c4)C3=O)C2)n1. The fraction of sp³-hybridized carbons (Fsp3) is 0.450. The van der Waals surface area contributed by atoms with Crippen molar-refractivity contribution in [3.8, 4) is 0 Å². The zero-order valence-corrected chi connectivity index (χ0v) is 16.1. The van der Waals surface area contributed by atoms with E-state index in [1.807, 2.05) is 29.2 Å². The van der Waals surface area contributed by atoms with Crippen molar-refractivity contribution in [2.45, 2.75) is 38.1 Å². The Morgan fingerprint density at radius 1 is 1.33 bits per heavy atom. The van der Waals surface area contributed by atoms with Crippen LogP contribution in [0.5, 0.6) is 0 Å². The molecule has 27 heavy (non-hydrogen) atoms. The van der Waals surface area contributed by atoms with Crippen LogP contribution >= 0.6 is 11.6 Å². The Kier molecular flexibility index (Phi) is 4.68. The van der Waals surface area contributed by atoms with Crippen molar-refractivity contribution in [2.75, 3.05) is 11.4 Å². The molecular weight excluding hydrogens is 364 g/mol. The highest BCUT2D eigenvalue weighted by molar-refractivity contribution is 6.31. The second kappa shape index (κ2) is 7.00. The van der Waals surface area contributed by atoms with E-state index in [1.54, 1.807) is 24.0 Å². The molecule has 1 N–H and O–H groups in total. The number of benzene rings is 1. The highest BCUT2D eigenvalue weighted by Crippen LogP contribution is 2.46. The number of halogens is 1. The van der Waals surface area contributed by atoms with E-state index in [0.717, 1.165) is 31.4 Å². The first-order valence-corrected chi connectivity index (χ1v) is 9.73. The molecule has 7 heteroatoms. The minimum atomic E-state index is -0.386. The largest absolute Gasteiger partial charge is 0.348 e. The van der Waals surface area contributed by atoms with E-state index < -0.39 is 0 Å².